The number of aliphatic hydroxyl groups excluding tert-OH is 1. The summed E-state index contributed by atoms with van der Waals surface area (Å²) in [4.78, 5) is 90.6. The zero-order valence-electron chi connectivity index (χ0n) is 51.9. The third-order valence-corrected chi connectivity index (χ3v) is 21.8. The van der Waals surface area contributed by atoms with Gasteiger partial charge in [-0.2, -0.15) is 5.10 Å². The number of aliphatic hydroxyl groups is 1. The van der Waals surface area contributed by atoms with Gasteiger partial charge in [0, 0.05) is 61.5 Å². The van der Waals surface area contributed by atoms with Crippen LogP contribution in [0.5, 0.6) is 0 Å². The fourth-order valence-corrected chi connectivity index (χ4v) is 15.9. The van der Waals surface area contributed by atoms with Gasteiger partial charge in [0.05, 0.1) is 56.5 Å². The summed E-state index contributed by atoms with van der Waals surface area (Å²) in [6.45, 7) is 13.7. The molecule has 4 aliphatic rings. The van der Waals surface area contributed by atoms with Crippen molar-refractivity contribution in [2.75, 3.05) is 56.2 Å². The first-order valence-corrected chi connectivity index (χ1v) is 34.4. The number of nitrogens with one attached hydrogen (secondary N) is 4. The number of sulfonamides is 1. The Bertz CT molecular complexity index is 3850. The molecule has 3 aromatic carbocycles. The van der Waals surface area contributed by atoms with Crippen molar-refractivity contribution in [1.29, 1.82) is 0 Å². The third kappa shape index (κ3) is 14.6. The van der Waals surface area contributed by atoms with Crippen LogP contribution in [-0.2, 0) is 48.7 Å². The number of para-hydroxylation sites is 1. The molecule has 11 rings (SSSR count). The third-order valence-electron chi connectivity index (χ3n) is 18.1. The van der Waals surface area contributed by atoms with E-state index in [-0.39, 0.29) is 56.7 Å². The fraction of sp³-hybridized carbons (Fsp3) is 0.470. The molecule has 7 aromatic rings. The molecule has 0 radical (unpaired) electrons. The minimum atomic E-state index is -4.22. The number of anilines is 2. The number of aryl methyl sites for hydroxylation is 1. The lowest BCUT2D eigenvalue weighted by Gasteiger charge is -2.35. The van der Waals surface area contributed by atoms with Gasteiger partial charge < -0.3 is 35.2 Å². The van der Waals surface area contributed by atoms with Crippen molar-refractivity contribution < 1.29 is 42.2 Å². The molecule has 3 fully saturated rings. The molecule has 0 bridgehead atoms. The first-order chi connectivity index (χ1) is 43.2. The Hall–Kier alpha value is -7.48. The number of ether oxygens (including phenoxy) is 1. The number of thiazole rings is 2. The van der Waals surface area contributed by atoms with Gasteiger partial charge in [-0.05, 0) is 130 Å². The summed E-state index contributed by atoms with van der Waals surface area (Å²) >= 11 is 2.96. The number of pyridine rings is 1. The molecule has 24 heteroatoms. The van der Waals surface area contributed by atoms with E-state index in [1.165, 1.54) is 35.5 Å². The van der Waals surface area contributed by atoms with Gasteiger partial charge in [0.15, 0.2) is 5.13 Å². The number of hydrogen-bond donors (Lipinski definition) is 5. The fourth-order valence-electron chi connectivity index (χ4n) is 12.9. The van der Waals surface area contributed by atoms with Crippen molar-refractivity contribution in [1.82, 2.24) is 49.9 Å². The van der Waals surface area contributed by atoms with Gasteiger partial charge in [-0.3, -0.25) is 34.0 Å². The number of fused-ring (bicyclic) bond motifs is 2. The van der Waals surface area contributed by atoms with E-state index in [2.05, 4.69) is 30.6 Å². The molecule has 4 atom stereocenters. The maximum absolute atomic E-state index is 14.7. The van der Waals surface area contributed by atoms with E-state index in [1.807, 2.05) is 129 Å². The van der Waals surface area contributed by atoms with Crippen LogP contribution in [0.3, 0.4) is 0 Å². The van der Waals surface area contributed by atoms with Gasteiger partial charge in [0.2, 0.25) is 27.7 Å². The van der Waals surface area contributed by atoms with Crippen molar-refractivity contribution in [2.24, 2.45) is 11.3 Å². The summed E-state index contributed by atoms with van der Waals surface area (Å²) in [6.07, 6.45) is 7.78. The number of carbonyl (C=O) groups excluding carboxylic acids is 5. The smallest absolute Gasteiger partial charge is 0.284 e. The number of nitrogens with zero attached hydrogens (tertiary/aromatic N) is 8. The molecule has 3 aliphatic heterocycles. The Morgan fingerprint density at radius 1 is 0.856 bits per heavy atom. The molecular weight excluding hydrogens is 1200 g/mol. The average Bonchev–Trinajstić information content (AvgIpc) is 1.51. The molecule has 476 valence electrons. The summed E-state index contributed by atoms with van der Waals surface area (Å²) in [5.74, 6) is -1.60. The Labute approximate surface area is 533 Å². The lowest BCUT2D eigenvalue weighted by molar-refractivity contribution is -0.144. The Morgan fingerprint density at radius 3 is 2.36 bits per heavy atom. The van der Waals surface area contributed by atoms with Crippen LogP contribution in [0.25, 0.3) is 31.8 Å². The Balaban J connectivity index is 0.696. The maximum Gasteiger partial charge on any atom is 0.284 e. The van der Waals surface area contributed by atoms with Crippen LogP contribution in [0.4, 0.5) is 10.9 Å². The molecule has 2 saturated heterocycles. The van der Waals surface area contributed by atoms with Crippen molar-refractivity contribution in [3.05, 3.63) is 130 Å². The van der Waals surface area contributed by atoms with Crippen LogP contribution in [0.1, 0.15) is 134 Å². The van der Waals surface area contributed by atoms with E-state index in [1.54, 1.807) is 29.1 Å². The summed E-state index contributed by atoms with van der Waals surface area (Å²) in [6, 6.07) is 22.6. The number of carbonyl (C=O) groups is 5. The average molecular weight is 1280 g/mol. The van der Waals surface area contributed by atoms with Gasteiger partial charge in [-0.1, -0.05) is 99.9 Å². The van der Waals surface area contributed by atoms with Gasteiger partial charge >= 0.3 is 0 Å². The van der Waals surface area contributed by atoms with E-state index < -0.39 is 62.5 Å². The van der Waals surface area contributed by atoms with Crippen molar-refractivity contribution in [3.63, 3.8) is 0 Å². The SMILES string of the molecule is Cc1ncsc1-c1ccc([C@H](C)NC(=O)[C@@H]2C[C@@H](O)CN2C(=O)[C@@H](NC(=O)COCCN2CCC(S(=O)(=O)NC(=O)c3nc(N4CCc5cccc(C(=O)Nc6nc7ccccc7s6)c5C4)ccc3-c3cnn(CC4CCCCC4)c3C)CC2)C(C)(C)C)cc1. The molecule has 7 heterocycles. The second kappa shape index (κ2) is 27.5. The van der Waals surface area contributed by atoms with Crippen molar-refractivity contribution in [2.45, 2.75) is 142 Å². The van der Waals surface area contributed by atoms with E-state index >= 15 is 0 Å². The summed E-state index contributed by atoms with van der Waals surface area (Å²) in [5.41, 5.74) is 8.99. The van der Waals surface area contributed by atoms with Gasteiger partial charge in [-0.25, -0.2) is 28.1 Å². The molecule has 5 amide bonds. The van der Waals surface area contributed by atoms with Crippen LogP contribution in [0.15, 0.2) is 90.6 Å². The normalized spacial score (nSPS) is 18.5. The summed E-state index contributed by atoms with van der Waals surface area (Å²) < 4.78 is 39.8. The molecule has 5 N–H and O–H groups in total. The quantitative estimate of drug-likeness (QED) is 0.0448. The highest BCUT2D eigenvalue weighted by Crippen LogP contribution is 2.35. The predicted molar refractivity (Wildman–Crippen MR) is 349 cm³/mol. The lowest BCUT2D eigenvalue weighted by Crippen LogP contribution is -2.58. The number of β-amino-alcohol motifs (C(OH)–C–C–N with tert-alkyl or cyclic N) is 1. The molecule has 21 nitrogen and oxygen atoms in total. The van der Waals surface area contributed by atoms with Gasteiger partial charge in [-0.15, -0.1) is 11.3 Å². The highest BCUT2D eigenvalue weighted by atomic mass is 32.2. The monoisotopic (exact) mass is 1280 g/mol. The molecule has 4 aromatic heterocycles. The Kier molecular flexibility index (Phi) is 19.6. The van der Waals surface area contributed by atoms with E-state index in [9.17, 15) is 37.5 Å². The summed E-state index contributed by atoms with van der Waals surface area (Å²) in [7, 11) is -4.22. The molecule has 90 heavy (non-hydrogen) atoms. The minimum absolute atomic E-state index is 0.0472. The van der Waals surface area contributed by atoms with E-state index in [0.29, 0.717) is 72.7 Å². The lowest BCUT2D eigenvalue weighted by atomic mass is 9.85. The second-order valence-corrected chi connectivity index (χ2v) is 29.2. The highest BCUT2D eigenvalue weighted by Gasteiger charge is 2.45. The second-order valence-electron chi connectivity index (χ2n) is 25.4. The maximum atomic E-state index is 14.7. The molecular formula is C66H80N12O9S3. The molecule has 1 saturated carbocycles. The number of hydrogen-bond acceptors (Lipinski definition) is 17. The zero-order chi connectivity index (χ0) is 63.4. The number of piperidine rings is 1. The molecule has 0 unspecified atom stereocenters. The van der Waals surface area contributed by atoms with Crippen LogP contribution in [0, 0.1) is 25.2 Å². The minimum Gasteiger partial charge on any atom is -0.391 e. The first-order valence-electron chi connectivity index (χ1n) is 31.2. The first kappa shape index (κ1) is 64.1. The number of rotatable bonds is 20. The van der Waals surface area contributed by atoms with Crippen LogP contribution < -0.4 is 25.6 Å². The topological polar surface area (TPSA) is 263 Å². The number of amides is 5. The van der Waals surface area contributed by atoms with E-state index in [0.717, 1.165) is 68.1 Å². The summed E-state index contributed by atoms with van der Waals surface area (Å²) in [5, 5.41) is 24.0. The molecule has 1 aliphatic carbocycles. The predicted octanol–water partition coefficient (Wildman–Crippen LogP) is 8.60. The largest absolute Gasteiger partial charge is 0.391 e. The highest BCUT2D eigenvalue weighted by molar-refractivity contribution is 7.90. The van der Waals surface area contributed by atoms with Crippen LogP contribution in [0.2, 0.25) is 0 Å². The van der Waals surface area contributed by atoms with Crippen molar-refractivity contribution >= 4 is 83.4 Å². The van der Waals surface area contributed by atoms with Crippen LogP contribution >= 0.6 is 22.7 Å². The Morgan fingerprint density at radius 2 is 1.62 bits per heavy atom. The van der Waals surface area contributed by atoms with Crippen molar-refractivity contribution in [3.8, 4) is 21.6 Å². The zero-order valence-corrected chi connectivity index (χ0v) is 54.3. The number of aromatic nitrogens is 5. The van der Waals surface area contributed by atoms with E-state index in [4.69, 9.17) is 14.8 Å². The van der Waals surface area contributed by atoms with Gasteiger partial charge in [0.25, 0.3) is 11.8 Å². The molecule has 0 spiro atoms. The number of benzene rings is 3. The number of likely N-dealkylation sites (tertiary alicyclic amines) is 2. The van der Waals surface area contributed by atoms with Gasteiger partial charge in [0.1, 0.15) is 30.2 Å². The standard InChI is InChI=1S/C66H80N12O9S3/c1-40(44-19-21-46(22-20-44)59-41(2)67-39-88-59)69-62(82)54-33-47(79)36-77(54)64(84)60(66(4,5)6)72-57(80)38-87-32-31-75-28-26-48(27-29-75)90(85,86)74-63(83)58-49(51-34-68-78(42(51)3)35-43-13-8-7-9-14-43)23-24-56(71-58)76-30-25-45-15-12-16-50(52(45)37-76)61(81)73-65-70-53-17-10-11-18-55(53)89-65/h10-12,15-24,34,39-40,43,47-48,54,60,79H,7-9,13-14,25-33,35-38H2,1-6H3,(H,69,82)(H,72,80)(H,74,83)(H,70,73,81)/t40-,47+,54-,60+/m0/s1. The van der Waals surface area contributed by atoms with Crippen LogP contribution in [-0.4, -0.2) is 147 Å².